The molecule has 0 heterocycles. The molecular formula is C26H44O3. The summed E-state index contributed by atoms with van der Waals surface area (Å²) < 4.78 is 0. The Morgan fingerprint density at radius 3 is 1.72 bits per heavy atom. The average molecular weight is 405 g/mol. The molecule has 4 aliphatic rings. The van der Waals surface area contributed by atoms with Crippen LogP contribution in [0.2, 0.25) is 0 Å². The Balaban J connectivity index is 0.000000166. The van der Waals surface area contributed by atoms with Gasteiger partial charge in [0.1, 0.15) is 11.6 Å². The molecule has 4 unspecified atom stereocenters. The van der Waals surface area contributed by atoms with Gasteiger partial charge in [-0.15, -0.1) is 0 Å². The van der Waals surface area contributed by atoms with Crippen LogP contribution >= 0.6 is 0 Å². The highest BCUT2D eigenvalue weighted by molar-refractivity contribution is 5.83. The molecule has 0 bridgehead atoms. The summed E-state index contributed by atoms with van der Waals surface area (Å²) in [5.41, 5.74) is 0.543. The topological polar surface area (TPSA) is 54.4 Å². The number of ketones is 2. The number of Topliss-reactive ketones (excluding diaryl/α,β-unsaturated/α-hetero) is 2. The maximum atomic E-state index is 11.9. The fourth-order valence-corrected chi connectivity index (χ4v) is 8.10. The molecule has 1 N–H and O–H groups in total. The Kier molecular flexibility index (Phi) is 6.98. The van der Waals surface area contributed by atoms with Crippen LogP contribution in [0.25, 0.3) is 0 Å². The Labute approximate surface area is 178 Å². The van der Waals surface area contributed by atoms with Crippen molar-refractivity contribution in [3.8, 4) is 0 Å². The average Bonchev–Trinajstić information content (AvgIpc) is 3.20. The highest BCUT2D eigenvalue weighted by Crippen LogP contribution is 2.57. The van der Waals surface area contributed by atoms with E-state index in [2.05, 4.69) is 34.6 Å². The quantitative estimate of drug-likeness (QED) is 0.644. The van der Waals surface area contributed by atoms with Gasteiger partial charge in [-0.05, 0) is 85.9 Å². The van der Waals surface area contributed by atoms with E-state index in [1.54, 1.807) is 0 Å². The zero-order valence-electron chi connectivity index (χ0n) is 19.5. The molecule has 0 amide bonds. The number of rotatable bonds is 3. The lowest BCUT2D eigenvalue weighted by molar-refractivity contribution is -0.131. The maximum absolute atomic E-state index is 11.9. The van der Waals surface area contributed by atoms with E-state index in [0.29, 0.717) is 40.7 Å². The fourth-order valence-electron chi connectivity index (χ4n) is 8.10. The molecule has 0 radical (unpaired) electrons. The van der Waals surface area contributed by atoms with Gasteiger partial charge in [0.15, 0.2) is 0 Å². The van der Waals surface area contributed by atoms with Gasteiger partial charge in [-0.2, -0.15) is 0 Å². The van der Waals surface area contributed by atoms with Crippen molar-refractivity contribution in [1.29, 1.82) is 0 Å². The van der Waals surface area contributed by atoms with Crippen LogP contribution in [0.4, 0.5) is 0 Å². The van der Waals surface area contributed by atoms with Gasteiger partial charge < -0.3 is 5.11 Å². The zero-order chi connectivity index (χ0) is 21.4. The van der Waals surface area contributed by atoms with Gasteiger partial charge in [-0.25, -0.2) is 0 Å². The van der Waals surface area contributed by atoms with Crippen molar-refractivity contribution >= 4 is 11.6 Å². The van der Waals surface area contributed by atoms with Gasteiger partial charge in [0.25, 0.3) is 0 Å². The highest BCUT2D eigenvalue weighted by atomic mass is 16.3. The van der Waals surface area contributed by atoms with E-state index in [9.17, 15) is 14.7 Å². The fraction of sp³-hybridized carbons (Fsp3) is 0.923. The van der Waals surface area contributed by atoms with Gasteiger partial charge in [0, 0.05) is 31.3 Å². The van der Waals surface area contributed by atoms with E-state index in [0.717, 1.165) is 56.8 Å². The van der Waals surface area contributed by atoms with Gasteiger partial charge in [-0.3, -0.25) is 9.59 Å². The van der Waals surface area contributed by atoms with Crippen LogP contribution < -0.4 is 0 Å². The number of hydrogen-bond acceptors (Lipinski definition) is 3. The van der Waals surface area contributed by atoms with E-state index in [1.807, 2.05) is 0 Å². The van der Waals surface area contributed by atoms with Gasteiger partial charge in [0.2, 0.25) is 0 Å². The van der Waals surface area contributed by atoms with Crippen molar-refractivity contribution in [2.45, 2.75) is 98.8 Å². The number of carbonyl (C=O) groups is 2. The van der Waals surface area contributed by atoms with Crippen molar-refractivity contribution in [3.05, 3.63) is 0 Å². The van der Waals surface area contributed by atoms with Crippen molar-refractivity contribution in [2.75, 3.05) is 6.61 Å². The lowest BCUT2D eigenvalue weighted by Gasteiger charge is -2.41. The molecule has 0 aromatic carbocycles. The van der Waals surface area contributed by atoms with E-state index in [1.165, 1.54) is 19.3 Å². The normalized spacial score (nSPS) is 42.9. The van der Waals surface area contributed by atoms with Crippen LogP contribution in [0.5, 0.6) is 0 Å². The zero-order valence-corrected chi connectivity index (χ0v) is 19.5. The summed E-state index contributed by atoms with van der Waals surface area (Å²) in [7, 11) is 0. The van der Waals surface area contributed by atoms with Crippen LogP contribution in [0, 0.1) is 46.3 Å². The lowest BCUT2D eigenvalue weighted by atomic mass is 9.62. The van der Waals surface area contributed by atoms with Crippen LogP contribution in [-0.2, 0) is 9.59 Å². The molecule has 0 saturated heterocycles. The first-order valence-electron chi connectivity index (χ1n) is 12.3. The Morgan fingerprint density at radius 2 is 1.28 bits per heavy atom. The number of fused-ring (bicyclic) bond motifs is 2. The number of carbonyl (C=O) groups excluding carboxylic acids is 2. The molecule has 29 heavy (non-hydrogen) atoms. The van der Waals surface area contributed by atoms with E-state index < -0.39 is 0 Å². The minimum atomic E-state index is 0.192. The molecule has 7 atom stereocenters. The monoisotopic (exact) mass is 404 g/mol. The standard InChI is InChI=1S/C13H22O2.C13H22O/c1-9(8-14)10-5-6-11-12(15)4-3-7-13(10,11)2;1-9(2)10-6-7-11-12(14)5-4-8-13(10,11)3/h9-11,14H,3-8H2,1-2H3;9-11H,4-8H2,1-3H3/t9-,10?,11?,13-;10?,11?,13-/m11/s1. The molecule has 0 aliphatic heterocycles. The van der Waals surface area contributed by atoms with E-state index in [-0.39, 0.29) is 12.0 Å². The van der Waals surface area contributed by atoms with Gasteiger partial charge in [-0.1, -0.05) is 34.6 Å². The summed E-state index contributed by atoms with van der Waals surface area (Å²) in [4.78, 5) is 23.7. The Hall–Kier alpha value is -0.700. The summed E-state index contributed by atoms with van der Waals surface area (Å²) >= 11 is 0. The van der Waals surface area contributed by atoms with Gasteiger partial charge >= 0.3 is 0 Å². The highest BCUT2D eigenvalue weighted by Gasteiger charge is 2.52. The largest absolute Gasteiger partial charge is 0.396 e. The summed E-state index contributed by atoms with van der Waals surface area (Å²) in [6.07, 6.45) is 10.9. The first-order valence-corrected chi connectivity index (χ1v) is 12.3. The maximum Gasteiger partial charge on any atom is 0.136 e. The second-order valence-corrected chi connectivity index (χ2v) is 11.5. The minimum absolute atomic E-state index is 0.192. The SMILES string of the molecule is CC(C)C1CCC2C(=O)CCC[C@@]21C.C[C@H](CO)C1CCC2C(=O)CCC[C@@]21C. The second-order valence-electron chi connectivity index (χ2n) is 11.5. The summed E-state index contributed by atoms with van der Waals surface area (Å²) in [6, 6.07) is 0. The molecule has 0 aromatic heterocycles. The van der Waals surface area contributed by atoms with Crippen molar-refractivity contribution in [1.82, 2.24) is 0 Å². The smallest absolute Gasteiger partial charge is 0.136 e. The molecule has 3 nitrogen and oxygen atoms in total. The Bertz CT molecular complexity index is 611. The third kappa shape index (κ3) is 4.10. The van der Waals surface area contributed by atoms with Crippen LogP contribution in [0.15, 0.2) is 0 Å². The minimum Gasteiger partial charge on any atom is -0.396 e. The molecule has 4 aliphatic carbocycles. The first kappa shape index (κ1) is 23.0. The molecule has 4 fully saturated rings. The summed E-state index contributed by atoms with van der Waals surface area (Å²) in [5, 5.41) is 9.28. The molecule has 166 valence electrons. The van der Waals surface area contributed by atoms with Crippen LogP contribution in [0.3, 0.4) is 0 Å². The molecule has 4 rings (SSSR count). The number of aliphatic hydroxyl groups is 1. The van der Waals surface area contributed by atoms with Crippen molar-refractivity contribution < 1.29 is 14.7 Å². The van der Waals surface area contributed by atoms with Crippen LogP contribution in [-0.4, -0.2) is 23.3 Å². The van der Waals surface area contributed by atoms with Gasteiger partial charge in [0.05, 0.1) is 0 Å². The predicted octanol–water partition coefficient (Wildman–Crippen LogP) is 5.83. The van der Waals surface area contributed by atoms with Crippen molar-refractivity contribution in [2.24, 2.45) is 46.3 Å². The number of hydrogen-bond donors (Lipinski definition) is 1. The third-order valence-corrected chi connectivity index (χ3v) is 9.65. The third-order valence-electron chi connectivity index (χ3n) is 9.65. The predicted molar refractivity (Wildman–Crippen MR) is 117 cm³/mol. The van der Waals surface area contributed by atoms with Crippen LogP contribution in [0.1, 0.15) is 98.8 Å². The molecule has 0 aromatic rings. The second kappa shape index (κ2) is 8.81. The number of aliphatic hydroxyl groups excluding tert-OH is 1. The lowest BCUT2D eigenvalue weighted by Crippen LogP contribution is -2.39. The van der Waals surface area contributed by atoms with E-state index >= 15 is 0 Å². The molecule has 3 heteroatoms. The Morgan fingerprint density at radius 1 is 0.828 bits per heavy atom. The summed E-state index contributed by atoms with van der Waals surface area (Å²) in [6.45, 7) is 11.7. The molecule has 4 saturated carbocycles. The van der Waals surface area contributed by atoms with E-state index in [4.69, 9.17) is 0 Å². The molecular weight excluding hydrogens is 360 g/mol. The summed E-state index contributed by atoms with van der Waals surface area (Å²) in [5.74, 6) is 4.18. The molecule has 0 spiro atoms. The first-order chi connectivity index (χ1) is 13.6. The van der Waals surface area contributed by atoms with Crippen molar-refractivity contribution in [3.63, 3.8) is 0 Å².